The second-order valence-corrected chi connectivity index (χ2v) is 8.25. The van der Waals surface area contributed by atoms with E-state index in [0.717, 1.165) is 47.0 Å². The molecule has 5 rings (SSSR count). The van der Waals surface area contributed by atoms with Crippen LogP contribution in [-0.4, -0.2) is 46.4 Å². The highest BCUT2D eigenvalue weighted by Crippen LogP contribution is 2.39. The number of hydrogen-bond acceptors (Lipinski definition) is 7. The average Bonchev–Trinajstić information content (AvgIpc) is 3.47. The Morgan fingerprint density at radius 1 is 1.21 bits per heavy atom. The number of rotatable bonds is 6. The molecule has 1 saturated heterocycles. The molecule has 1 fully saturated rings. The Balaban J connectivity index is 1.60. The van der Waals surface area contributed by atoms with Crippen LogP contribution in [-0.2, 0) is 16.5 Å². The van der Waals surface area contributed by atoms with Gasteiger partial charge in [-0.25, -0.2) is 9.48 Å². The van der Waals surface area contributed by atoms with Crippen LogP contribution in [0.1, 0.15) is 35.8 Å². The van der Waals surface area contributed by atoms with Crippen LogP contribution in [0.4, 0.5) is 11.5 Å². The molecule has 1 atom stereocenters. The number of aryl methyl sites for hydroxylation is 1. The maximum atomic E-state index is 12.2. The molecule has 34 heavy (non-hydrogen) atoms. The Morgan fingerprint density at radius 3 is 2.79 bits per heavy atom. The van der Waals surface area contributed by atoms with Crippen LogP contribution < -0.4 is 10.1 Å². The fourth-order valence-electron chi connectivity index (χ4n) is 4.38. The summed E-state index contributed by atoms with van der Waals surface area (Å²) in [5.41, 5.74) is 3.93. The van der Waals surface area contributed by atoms with Gasteiger partial charge >= 0.3 is 5.97 Å². The van der Waals surface area contributed by atoms with Crippen molar-refractivity contribution < 1.29 is 19.0 Å². The number of nitrogens with zero attached hydrogens (tertiary/aromatic N) is 4. The van der Waals surface area contributed by atoms with E-state index in [1.54, 1.807) is 30.1 Å². The fraction of sp³-hybridized carbons (Fsp3) is 0.320. The molecule has 9 nitrogen and oxygen atoms in total. The normalized spacial score (nSPS) is 15.9. The van der Waals surface area contributed by atoms with Gasteiger partial charge in [0.25, 0.3) is 0 Å². The molecule has 9 heteroatoms. The molecule has 0 bridgehead atoms. The number of anilines is 2. The summed E-state index contributed by atoms with van der Waals surface area (Å²) < 4.78 is 20.3. The summed E-state index contributed by atoms with van der Waals surface area (Å²) in [7, 11) is 4.91. The van der Waals surface area contributed by atoms with Crippen molar-refractivity contribution in [2.24, 2.45) is 7.05 Å². The van der Waals surface area contributed by atoms with Gasteiger partial charge in [-0.05, 0) is 43.5 Å². The number of ether oxygens (including phenoxy) is 3. The fourth-order valence-corrected chi connectivity index (χ4v) is 4.38. The summed E-state index contributed by atoms with van der Waals surface area (Å²) in [5.74, 6) is 0.958. The molecule has 1 unspecified atom stereocenters. The SMILES string of the molecule is COC(=O)c1ccc2c(Nc3cccc(-c4cnn(C)c4)c3OC)nn(C3CCCCO3)c2c1. The van der Waals surface area contributed by atoms with Crippen LogP contribution in [0.5, 0.6) is 5.75 Å². The number of para-hydroxylation sites is 1. The average molecular weight is 462 g/mol. The Labute approximate surface area is 197 Å². The van der Waals surface area contributed by atoms with Gasteiger partial charge in [0.15, 0.2) is 12.0 Å². The molecule has 0 amide bonds. The van der Waals surface area contributed by atoms with Crippen LogP contribution >= 0.6 is 0 Å². The molecule has 2 aromatic carbocycles. The highest BCUT2D eigenvalue weighted by molar-refractivity contribution is 5.99. The van der Waals surface area contributed by atoms with Gasteiger partial charge in [-0.3, -0.25) is 4.68 Å². The lowest BCUT2D eigenvalue weighted by atomic mass is 10.1. The first kappa shape index (κ1) is 22.0. The van der Waals surface area contributed by atoms with Crippen molar-refractivity contribution in [2.45, 2.75) is 25.5 Å². The third-order valence-electron chi connectivity index (χ3n) is 6.05. The molecule has 2 aromatic heterocycles. The van der Waals surface area contributed by atoms with Crippen LogP contribution in [0.15, 0.2) is 48.8 Å². The molecule has 176 valence electrons. The summed E-state index contributed by atoms with van der Waals surface area (Å²) in [6.07, 6.45) is 6.52. The number of esters is 1. The van der Waals surface area contributed by atoms with Crippen molar-refractivity contribution in [3.63, 3.8) is 0 Å². The topological polar surface area (TPSA) is 92.4 Å². The zero-order chi connectivity index (χ0) is 23.7. The summed E-state index contributed by atoms with van der Waals surface area (Å²) in [6.45, 7) is 0.687. The lowest BCUT2D eigenvalue weighted by Gasteiger charge is -2.23. The first-order chi connectivity index (χ1) is 16.6. The van der Waals surface area contributed by atoms with E-state index in [1.807, 2.05) is 42.2 Å². The van der Waals surface area contributed by atoms with Crippen molar-refractivity contribution in [1.29, 1.82) is 0 Å². The van der Waals surface area contributed by atoms with Gasteiger partial charge in [0.1, 0.15) is 5.75 Å². The Hall–Kier alpha value is -3.85. The predicted octanol–water partition coefficient (Wildman–Crippen LogP) is 4.67. The lowest BCUT2D eigenvalue weighted by Crippen LogP contribution is -2.19. The minimum Gasteiger partial charge on any atom is -0.494 e. The zero-order valence-electron chi connectivity index (χ0n) is 19.4. The summed E-state index contributed by atoms with van der Waals surface area (Å²) in [6, 6.07) is 11.3. The van der Waals surface area contributed by atoms with Crippen molar-refractivity contribution in [2.75, 3.05) is 26.1 Å². The van der Waals surface area contributed by atoms with E-state index in [1.165, 1.54) is 7.11 Å². The molecule has 3 heterocycles. The van der Waals surface area contributed by atoms with Gasteiger partial charge < -0.3 is 19.5 Å². The number of benzene rings is 2. The smallest absolute Gasteiger partial charge is 0.337 e. The van der Waals surface area contributed by atoms with Gasteiger partial charge in [0.05, 0.1) is 37.2 Å². The van der Waals surface area contributed by atoms with Crippen LogP contribution in [0.3, 0.4) is 0 Å². The predicted molar refractivity (Wildman–Crippen MR) is 128 cm³/mol. The molecule has 1 aliphatic rings. The number of fused-ring (bicyclic) bond motifs is 1. The first-order valence-corrected chi connectivity index (χ1v) is 11.2. The number of nitrogens with one attached hydrogen (secondary N) is 1. The third kappa shape index (κ3) is 3.99. The minimum absolute atomic E-state index is 0.191. The minimum atomic E-state index is -0.389. The third-order valence-corrected chi connectivity index (χ3v) is 6.05. The van der Waals surface area contributed by atoms with E-state index in [0.29, 0.717) is 23.7 Å². The monoisotopic (exact) mass is 461 g/mol. The Morgan fingerprint density at radius 2 is 2.09 bits per heavy atom. The van der Waals surface area contributed by atoms with E-state index >= 15 is 0 Å². The summed E-state index contributed by atoms with van der Waals surface area (Å²) in [4.78, 5) is 12.2. The summed E-state index contributed by atoms with van der Waals surface area (Å²) >= 11 is 0. The van der Waals surface area contributed by atoms with E-state index < -0.39 is 0 Å². The molecule has 0 saturated carbocycles. The van der Waals surface area contributed by atoms with Crippen molar-refractivity contribution in [1.82, 2.24) is 19.6 Å². The number of hydrogen-bond donors (Lipinski definition) is 1. The quantitative estimate of drug-likeness (QED) is 0.417. The zero-order valence-corrected chi connectivity index (χ0v) is 19.4. The van der Waals surface area contributed by atoms with E-state index in [9.17, 15) is 4.79 Å². The molecule has 0 spiro atoms. The first-order valence-electron chi connectivity index (χ1n) is 11.2. The Kier molecular flexibility index (Phi) is 5.93. The van der Waals surface area contributed by atoms with Gasteiger partial charge in [0.2, 0.25) is 0 Å². The van der Waals surface area contributed by atoms with Crippen molar-refractivity contribution in [3.8, 4) is 16.9 Å². The Bertz CT molecular complexity index is 1340. The molecular formula is C25H27N5O4. The van der Waals surface area contributed by atoms with E-state index in [2.05, 4.69) is 10.4 Å². The summed E-state index contributed by atoms with van der Waals surface area (Å²) in [5, 5.41) is 13.5. The maximum Gasteiger partial charge on any atom is 0.337 e. The van der Waals surface area contributed by atoms with E-state index in [4.69, 9.17) is 19.3 Å². The van der Waals surface area contributed by atoms with Crippen molar-refractivity contribution in [3.05, 3.63) is 54.4 Å². The van der Waals surface area contributed by atoms with E-state index in [-0.39, 0.29) is 12.2 Å². The molecule has 0 radical (unpaired) electrons. The van der Waals surface area contributed by atoms with Gasteiger partial charge in [-0.15, -0.1) is 0 Å². The molecule has 4 aromatic rings. The highest BCUT2D eigenvalue weighted by Gasteiger charge is 2.23. The number of carbonyl (C=O) groups is 1. The van der Waals surface area contributed by atoms with Crippen LogP contribution in [0.2, 0.25) is 0 Å². The molecular weight excluding hydrogens is 434 g/mol. The number of aromatic nitrogens is 4. The standard InChI is InChI=1S/C25H27N5O4/c1-29-15-17(14-26-29)18-7-6-8-20(23(18)32-2)27-24-19-11-10-16(25(31)33-3)13-21(19)30(28-24)22-9-4-5-12-34-22/h6-8,10-11,13-15,22H,4-5,9,12H2,1-3H3,(H,27,28). The van der Waals surface area contributed by atoms with Gasteiger partial charge in [0, 0.05) is 36.4 Å². The second-order valence-electron chi connectivity index (χ2n) is 8.25. The highest BCUT2D eigenvalue weighted by atomic mass is 16.5. The molecule has 1 aliphatic heterocycles. The molecule has 0 aliphatic carbocycles. The molecule has 1 N–H and O–H groups in total. The van der Waals surface area contributed by atoms with Gasteiger partial charge in [-0.2, -0.15) is 10.2 Å². The van der Waals surface area contributed by atoms with Crippen molar-refractivity contribution >= 4 is 28.4 Å². The van der Waals surface area contributed by atoms with Crippen LogP contribution in [0.25, 0.3) is 22.0 Å². The largest absolute Gasteiger partial charge is 0.494 e. The number of methoxy groups -OCH3 is 2. The van der Waals surface area contributed by atoms with Crippen LogP contribution in [0, 0.1) is 0 Å². The second kappa shape index (κ2) is 9.18. The number of carbonyl (C=O) groups excluding carboxylic acids is 1. The maximum absolute atomic E-state index is 12.2. The van der Waals surface area contributed by atoms with Gasteiger partial charge in [-0.1, -0.05) is 12.1 Å². The lowest BCUT2D eigenvalue weighted by molar-refractivity contribution is -0.0365.